The van der Waals surface area contributed by atoms with Crippen LogP contribution in [0.3, 0.4) is 0 Å². The Morgan fingerprint density at radius 1 is 1.31 bits per heavy atom. The molecule has 0 heterocycles. The van der Waals surface area contributed by atoms with Gasteiger partial charge in [0.2, 0.25) is 0 Å². The number of rotatable bonds is 2. The summed E-state index contributed by atoms with van der Waals surface area (Å²) in [6, 6.07) is 8.15. The van der Waals surface area contributed by atoms with E-state index in [4.69, 9.17) is 5.73 Å². The lowest BCUT2D eigenvalue weighted by atomic mass is 10.1. The molecule has 1 aromatic rings. The smallest absolute Gasteiger partial charge is 0.0555 e. The van der Waals surface area contributed by atoms with Crippen LogP contribution >= 0.6 is 0 Å². The minimum Gasteiger partial charge on any atom is -0.320 e. The van der Waals surface area contributed by atoms with Gasteiger partial charge in [-0.15, -0.1) is 0 Å². The number of nitrogens with one attached hydrogen (secondary N) is 1. The monoisotopic (exact) mass is 174 g/mol. The summed E-state index contributed by atoms with van der Waals surface area (Å²) < 4.78 is 0. The van der Waals surface area contributed by atoms with Gasteiger partial charge in [-0.05, 0) is 24.7 Å². The second kappa shape index (κ2) is 5.36. The quantitative estimate of drug-likeness (QED) is 0.648. The summed E-state index contributed by atoms with van der Waals surface area (Å²) in [6.07, 6.45) is 0. The van der Waals surface area contributed by atoms with Gasteiger partial charge < -0.3 is 11.1 Å². The van der Waals surface area contributed by atoms with Crippen molar-refractivity contribution in [3.63, 3.8) is 0 Å². The highest BCUT2D eigenvalue weighted by atomic mass is 14.8. The van der Waals surface area contributed by atoms with Crippen LogP contribution in [0.25, 0.3) is 0 Å². The molecule has 0 aliphatic carbocycles. The summed E-state index contributed by atoms with van der Waals surface area (Å²) in [5.41, 5.74) is 7.55. The number of hydrogen-bond donors (Lipinski definition) is 2. The molecule has 0 unspecified atom stereocenters. The summed E-state index contributed by atoms with van der Waals surface area (Å²) in [7, 11) is 1.93. The molecule has 0 fully saturated rings. The average Bonchev–Trinajstić information content (AvgIpc) is 2.17. The van der Waals surface area contributed by atoms with E-state index in [1.807, 2.05) is 19.2 Å². The molecule has 0 amide bonds. The Hall–Kier alpha value is -1.30. The largest absolute Gasteiger partial charge is 0.320 e. The van der Waals surface area contributed by atoms with Crippen LogP contribution in [0.15, 0.2) is 24.3 Å². The van der Waals surface area contributed by atoms with E-state index in [1.54, 1.807) is 0 Å². The minimum atomic E-state index is 0.415. The van der Waals surface area contributed by atoms with Crippen LogP contribution in [-0.4, -0.2) is 13.6 Å². The first-order valence-corrected chi connectivity index (χ1v) is 4.29. The van der Waals surface area contributed by atoms with Gasteiger partial charge in [0.1, 0.15) is 0 Å². The molecule has 0 aromatic heterocycles. The maximum absolute atomic E-state index is 5.27. The van der Waals surface area contributed by atoms with E-state index in [0.29, 0.717) is 6.54 Å². The van der Waals surface area contributed by atoms with Crippen molar-refractivity contribution in [1.29, 1.82) is 0 Å². The van der Waals surface area contributed by atoms with Crippen LogP contribution in [0.4, 0.5) is 0 Å². The fraction of sp³-hybridized carbons (Fsp3) is 0.273. The first-order valence-electron chi connectivity index (χ1n) is 4.29. The average molecular weight is 174 g/mol. The Balaban J connectivity index is 2.69. The molecule has 0 saturated carbocycles. The Morgan fingerprint density at radius 3 is 2.54 bits per heavy atom. The molecule has 2 heteroatoms. The molecule has 68 valence electrons. The fourth-order valence-corrected chi connectivity index (χ4v) is 1.06. The lowest BCUT2D eigenvalue weighted by Crippen LogP contribution is -2.04. The van der Waals surface area contributed by atoms with E-state index >= 15 is 0 Å². The highest BCUT2D eigenvalue weighted by molar-refractivity contribution is 5.36. The van der Waals surface area contributed by atoms with Gasteiger partial charge in [0, 0.05) is 12.1 Å². The van der Waals surface area contributed by atoms with Gasteiger partial charge in [0.25, 0.3) is 0 Å². The van der Waals surface area contributed by atoms with Crippen molar-refractivity contribution >= 4 is 0 Å². The Morgan fingerprint density at radius 2 is 2.00 bits per heavy atom. The molecular weight excluding hydrogens is 160 g/mol. The SMILES string of the molecule is CNCc1ccc(C#CCN)cc1. The van der Waals surface area contributed by atoms with Crippen LogP contribution in [0.1, 0.15) is 11.1 Å². The predicted octanol–water partition coefficient (Wildman–Crippen LogP) is 0.716. The lowest BCUT2D eigenvalue weighted by molar-refractivity contribution is 0.818. The van der Waals surface area contributed by atoms with Gasteiger partial charge in [-0.25, -0.2) is 0 Å². The highest BCUT2D eigenvalue weighted by Crippen LogP contribution is 2.02. The zero-order valence-electron chi connectivity index (χ0n) is 7.80. The minimum absolute atomic E-state index is 0.415. The van der Waals surface area contributed by atoms with E-state index < -0.39 is 0 Å². The maximum Gasteiger partial charge on any atom is 0.0555 e. The molecule has 13 heavy (non-hydrogen) atoms. The van der Waals surface area contributed by atoms with Crippen LogP contribution in [0.2, 0.25) is 0 Å². The van der Waals surface area contributed by atoms with Gasteiger partial charge in [-0.1, -0.05) is 24.0 Å². The zero-order valence-corrected chi connectivity index (χ0v) is 7.80. The third-order valence-corrected chi connectivity index (χ3v) is 1.67. The third kappa shape index (κ3) is 3.29. The summed E-state index contributed by atoms with van der Waals surface area (Å²) in [6.45, 7) is 1.31. The molecule has 0 spiro atoms. The van der Waals surface area contributed by atoms with E-state index in [9.17, 15) is 0 Å². The molecule has 0 saturated heterocycles. The van der Waals surface area contributed by atoms with E-state index in [0.717, 1.165) is 12.1 Å². The molecular formula is C11H14N2. The molecule has 1 rings (SSSR count). The molecule has 0 aliphatic rings. The van der Waals surface area contributed by atoms with E-state index in [-0.39, 0.29) is 0 Å². The summed E-state index contributed by atoms with van der Waals surface area (Å²) in [4.78, 5) is 0. The first-order chi connectivity index (χ1) is 6.36. The lowest BCUT2D eigenvalue weighted by Gasteiger charge is -1.98. The second-order valence-corrected chi connectivity index (χ2v) is 2.73. The van der Waals surface area contributed by atoms with Crippen molar-refractivity contribution in [2.45, 2.75) is 6.54 Å². The summed E-state index contributed by atoms with van der Waals surface area (Å²) >= 11 is 0. The van der Waals surface area contributed by atoms with Crippen molar-refractivity contribution in [3.8, 4) is 11.8 Å². The molecule has 2 nitrogen and oxygen atoms in total. The molecule has 0 aliphatic heterocycles. The Labute approximate surface area is 79.1 Å². The summed E-state index contributed by atoms with van der Waals surface area (Å²) in [5, 5.41) is 3.09. The van der Waals surface area contributed by atoms with Gasteiger partial charge in [-0.3, -0.25) is 0 Å². The standard InChI is InChI=1S/C11H14N2/c1-13-9-11-6-4-10(5-7-11)3-2-8-12/h4-7,13H,8-9,12H2,1H3. The van der Waals surface area contributed by atoms with Crippen molar-refractivity contribution in [3.05, 3.63) is 35.4 Å². The third-order valence-electron chi connectivity index (χ3n) is 1.67. The molecule has 0 bridgehead atoms. The van der Waals surface area contributed by atoms with Crippen LogP contribution in [0.5, 0.6) is 0 Å². The van der Waals surface area contributed by atoms with Gasteiger partial charge in [0.05, 0.1) is 6.54 Å². The van der Waals surface area contributed by atoms with Crippen LogP contribution < -0.4 is 11.1 Å². The maximum atomic E-state index is 5.27. The predicted molar refractivity (Wildman–Crippen MR) is 55.1 cm³/mol. The topological polar surface area (TPSA) is 38.0 Å². The van der Waals surface area contributed by atoms with E-state index in [1.165, 1.54) is 5.56 Å². The van der Waals surface area contributed by atoms with Crippen molar-refractivity contribution in [2.24, 2.45) is 5.73 Å². The van der Waals surface area contributed by atoms with Crippen molar-refractivity contribution < 1.29 is 0 Å². The summed E-state index contributed by atoms with van der Waals surface area (Å²) in [5.74, 6) is 5.80. The van der Waals surface area contributed by atoms with E-state index in [2.05, 4.69) is 29.3 Å². The first kappa shape index (κ1) is 9.79. The molecule has 3 N–H and O–H groups in total. The second-order valence-electron chi connectivity index (χ2n) is 2.73. The highest BCUT2D eigenvalue weighted by Gasteiger charge is 1.89. The molecule has 1 aromatic carbocycles. The number of benzene rings is 1. The van der Waals surface area contributed by atoms with Gasteiger partial charge in [0.15, 0.2) is 0 Å². The van der Waals surface area contributed by atoms with Crippen LogP contribution in [0, 0.1) is 11.8 Å². The number of nitrogens with two attached hydrogens (primary N) is 1. The van der Waals surface area contributed by atoms with Crippen LogP contribution in [-0.2, 0) is 6.54 Å². The zero-order chi connectivity index (χ0) is 9.52. The Bertz CT molecular complexity index is 303. The van der Waals surface area contributed by atoms with Crippen molar-refractivity contribution in [1.82, 2.24) is 5.32 Å². The van der Waals surface area contributed by atoms with Gasteiger partial charge in [-0.2, -0.15) is 0 Å². The Kier molecular flexibility index (Phi) is 4.04. The molecule has 0 radical (unpaired) electrons. The van der Waals surface area contributed by atoms with Crippen molar-refractivity contribution in [2.75, 3.05) is 13.6 Å². The van der Waals surface area contributed by atoms with Gasteiger partial charge >= 0.3 is 0 Å². The normalized spacial score (nSPS) is 9.08. The fourth-order valence-electron chi connectivity index (χ4n) is 1.06. The molecule has 0 atom stereocenters. The number of hydrogen-bond acceptors (Lipinski definition) is 2.